The molecular formula is C14H18Mg. The molecule has 0 unspecified atom stereocenters. The molecule has 0 heterocycles. The van der Waals surface area contributed by atoms with Crippen molar-refractivity contribution < 1.29 is 0 Å². The van der Waals surface area contributed by atoms with E-state index in [1.807, 2.05) is 0 Å². The molecule has 2 aliphatic carbocycles. The Morgan fingerprint density at radius 3 is 1.80 bits per heavy atom. The lowest BCUT2D eigenvalue weighted by molar-refractivity contribution is 1.13. The van der Waals surface area contributed by atoms with Gasteiger partial charge in [0, 0.05) is 0 Å². The molecule has 0 bridgehead atoms. The molecule has 1 heteroatoms. The molecule has 2 rings (SSSR count). The van der Waals surface area contributed by atoms with E-state index in [1.165, 1.54) is 25.7 Å². The van der Waals surface area contributed by atoms with Crippen LogP contribution in [0.3, 0.4) is 0 Å². The molecule has 76 valence electrons. The molecule has 0 amide bonds. The van der Waals surface area contributed by atoms with Crippen LogP contribution >= 0.6 is 0 Å². The van der Waals surface area contributed by atoms with Crippen molar-refractivity contribution in [2.75, 3.05) is 0 Å². The van der Waals surface area contributed by atoms with Crippen LogP contribution in [0.15, 0.2) is 42.9 Å². The van der Waals surface area contributed by atoms with Gasteiger partial charge in [0.25, 0.3) is 0 Å². The summed E-state index contributed by atoms with van der Waals surface area (Å²) < 4.78 is 3.59. The summed E-state index contributed by atoms with van der Waals surface area (Å²) in [6.45, 7) is 4.56. The summed E-state index contributed by atoms with van der Waals surface area (Å²) in [5.41, 5.74) is 3.27. The van der Waals surface area contributed by atoms with Gasteiger partial charge in [0.15, 0.2) is 0 Å². The van der Waals surface area contributed by atoms with Gasteiger partial charge in [-0.3, -0.25) is 0 Å². The van der Waals surface area contributed by atoms with Crippen LogP contribution in [0, 0.1) is 0 Å². The Kier molecular flexibility index (Phi) is 3.87. The highest BCUT2D eigenvalue weighted by atomic mass is 24.5. The van der Waals surface area contributed by atoms with E-state index in [2.05, 4.69) is 38.2 Å². The first kappa shape index (κ1) is 11.2. The van der Waals surface area contributed by atoms with Gasteiger partial charge in [-0.05, 0) is 25.7 Å². The van der Waals surface area contributed by atoms with Gasteiger partial charge in [-0.15, -0.1) is 0 Å². The van der Waals surface area contributed by atoms with Crippen LogP contribution in [0.1, 0.15) is 39.5 Å². The molecule has 0 nitrogen and oxygen atoms in total. The molecule has 2 aliphatic rings. The lowest BCUT2D eigenvalue weighted by atomic mass is 10.2. The predicted molar refractivity (Wildman–Crippen MR) is 67.9 cm³/mol. The molecule has 0 atom stereocenters. The van der Waals surface area contributed by atoms with Crippen molar-refractivity contribution in [3.05, 3.63) is 42.9 Å². The molecule has 0 N–H and O–H groups in total. The van der Waals surface area contributed by atoms with Crippen molar-refractivity contribution in [3.63, 3.8) is 0 Å². The van der Waals surface area contributed by atoms with E-state index in [1.54, 1.807) is 18.6 Å². The average Bonchev–Trinajstić information content (AvgIpc) is 2.87. The van der Waals surface area contributed by atoms with Gasteiger partial charge in [-0.25, -0.2) is 0 Å². The lowest BCUT2D eigenvalue weighted by Crippen LogP contribution is -2.02. The van der Waals surface area contributed by atoms with Gasteiger partial charge in [0.1, 0.15) is 0 Å². The summed E-state index contributed by atoms with van der Waals surface area (Å²) in [5, 5.41) is 0. The molecule has 15 heavy (non-hydrogen) atoms. The zero-order valence-electron chi connectivity index (χ0n) is 9.84. The maximum atomic E-state index is 2.34. The topological polar surface area (TPSA) is 0 Å². The molecule has 0 radical (unpaired) electrons. The van der Waals surface area contributed by atoms with Crippen LogP contribution in [0.4, 0.5) is 0 Å². The molecular weight excluding hydrogens is 192 g/mol. The maximum Gasteiger partial charge on any atom is 0.439 e. The van der Waals surface area contributed by atoms with Crippen molar-refractivity contribution in [1.82, 2.24) is 0 Å². The van der Waals surface area contributed by atoms with E-state index >= 15 is 0 Å². The third-order valence-electron chi connectivity index (χ3n) is 3.46. The Morgan fingerprint density at radius 2 is 1.40 bits per heavy atom. The predicted octanol–water partition coefficient (Wildman–Crippen LogP) is 3.94. The summed E-state index contributed by atoms with van der Waals surface area (Å²) in [5.74, 6) is 0. The van der Waals surface area contributed by atoms with Crippen LogP contribution in [0.2, 0.25) is 0 Å². The van der Waals surface area contributed by atoms with Gasteiger partial charge in [-0.1, -0.05) is 49.3 Å². The second-order valence-corrected chi connectivity index (χ2v) is 6.42. The van der Waals surface area contributed by atoms with Crippen LogP contribution < -0.4 is 0 Å². The molecule has 0 aromatic carbocycles. The molecule has 0 spiro atoms. The second kappa shape index (κ2) is 5.18. The average molecular weight is 211 g/mol. The van der Waals surface area contributed by atoms with Gasteiger partial charge >= 0.3 is 20.4 Å². The summed E-state index contributed by atoms with van der Waals surface area (Å²) in [6.07, 6.45) is 14.3. The highest BCUT2D eigenvalue weighted by molar-refractivity contribution is 6.54. The second-order valence-electron chi connectivity index (χ2n) is 4.35. The highest BCUT2D eigenvalue weighted by Crippen LogP contribution is 2.27. The number of allylic oxidation sites excluding steroid dienone is 8. The first-order valence-corrected chi connectivity index (χ1v) is 7.51. The van der Waals surface area contributed by atoms with Gasteiger partial charge in [0.2, 0.25) is 0 Å². The van der Waals surface area contributed by atoms with Crippen molar-refractivity contribution >= 4 is 20.4 Å². The Bertz CT molecular complexity index is 331. The first-order valence-electron chi connectivity index (χ1n) is 6.10. The molecule has 0 saturated carbocycles. The molecule has 0 aliphatic heterocycles. The minimum Gasteiger partial charge on any atom is -0.179 e. The third kappa shape index (κ3) is 2.46. The SMILES string of the molecule is CCC1=[C]([Mg][C]2=C(CC)C=CC2)CC=C1. The van der Waals surface area contributed by atoms with Crippen molar-refractivity contribution in [2.24, 2.45) is 0 Å². The Balaban J connectivity index is 2.10. The van der Waals surface area contributed by atoms with Crippen LogP contribution in [-0.4, -0.2) is 20.4 Å². The van der Waals surface area contributed by atoms with Gasteiger partial charge < -0.3 is 0 Å². The minimum absolute atomic E-state index is 0.118. The minimum atomic E-state index is -0.118. The molecule has 0 aromatic heterocycles. The van der Waals surface area contributed by atoms with Crippen molar-refractivity contribution in [2.45, 2.75) is 39.5 Å². The fourth-order valence-electron chi connectivity index (χ4n) is 2.55. The first-order chi connectivity index (χ1) is 7.35. The molecule has 0 saturated heterocycles. The monoisotopic (exact) mass is 210 g/mol. The fourth-order valence-corrected chi connectivity index (χ4v) is 4.88. The lowest BCUT2D eigenvalue weighted by Gasteiger charge is -2.08. The third-order valence-corrected chi connectivity index (χ3v) is 5.80. The van der Waals surface area contributed by atoms with Gasteiger partial charge in [-0.2, -0.15) is 7.40 Å². The van der Waals surface area contributed by atoms with E-state index in [-0.39, 0.29) is 20.4 Å². The largest absolute Gasteiger partial charge is 0.439 e. The normalized spacial score (nSPS) is 19.3. The summed E-state index contributed by atoms with van der Waals surface area (Å²) in [4.78, 5) is 0. The smallest absolute Gasteiger partial charge is 0.179 e. The fraction of sp³-hybridized carbons (Fsp3) is 0.429. The standard InChI is InChI=1S/2C7H9.Mg/c2*1-2-7-5-3-4-6-7;/h2*3,5H,2,4H2,1H3;. The Morgan fingerprint density at radius 1 is 0.933 bits per heavy atom. The number of rotatable bonds is 4. The summed E-state index contributed by atoms with van der Waals surface area (Å²) >= 11 is -0.118. The highest BCUT2D eigenvalue weighted by Gasteiger charge is 2.16. The van der Waals surface area contributed by atoms with E-state index in [9.17, 15) is 0 Å². The van der Waals surface area contributed by atoms with E-state index in [4.69, 9.17) is 0 Å². The van der Waals surface area contributed by atoms with Crippen LogP contribution in [0.25, 0.3) is 0 Å². The van der Waals surface area contributed by atoms with E-state index < -0.39 is 0 Å². The van der Waals surface area contributed by atoms with Gasteiger partial charge in [0.05, 0.1) is 0 Å². The van der Waals surface area contributed by atoms with E-state index in [0.717, 1.165) is 0 Å². The van der Waals surface area contributed by atoms with Crippen molar-refractivity contribution in [3.8, 4) is 0 Å². The maximum absolute atomic E-state index is 2.34. The number of hydrogen-bond donors (Lipinski definition) is 0. The van der Waals surface area contributed by atoms with Crippen LogP contribution in [-0.2, 0) is 0 Å². The molecule has 0 fully saturated rings. The summed E-state index contributed by atoms with van der Waals surface area (Å²) in [7, 11) is 0. The van der Waals surface area contributed by atoms with Crippen molar-refractivity contribution in [1.29, 1.82) is 0 Å². The quantitative estimate of drug-likeness (QED) is 0.617. The zero-order valence-corrected chi connectivity index (χ0v) is 11.3. The Labute approximate surface area is 103 Å². The number of hydrogen-bond acceptors (Lipinski definition) is 0. The Hall–Kier alpha value is -0.274. The van der Waals surface area contributed by atoms with E-state index in [0.29, 0.717) is 0 Å². The zero-order chi connectivity index (χ0) is 10.7. The summed E-state index contributed by atoms with van der Waals surface area (Å²) in [6, 6.07) is 0. The molecule has 0 aromatic rings. The van der Waals surface area contributed by atoms with Crippen LogP contribution in [0.5, 0.6) is 0 Å².